The van der Waals surface area contributed by atoms with Crippen molar-refractivity contribution < 1.29 is 28.6 Å². The Hall–Kier alpha value is -2.97. The molecule has 1 heterocycles. The van der Waals surface area contributed by atoms with Crippen molar-refractivity contribution >= 4 is 17.9 Å². The van der Waals surface area contributed by atoms with Crippen LogP contribution in [0, 0.1) is 0 Å². The van der Waals surface area contributed by atoms with Crippen LogP contribution in [0.5, 0.6) is 11.5 Å². The summed E-state index contributed by atoms with van der Waals surface area (Å²) in [5.41, 5.74) is 5.78. The van der Waals surface area contributed by atoms with Gasteiger partial charge in [-0.3, -0.25) is 9.59 Å². The molecule has 9 nitrogen and oxygen atoms in total. The van der Waals surface area contributed by atoms with Crippen molar-refractivity contribution in [2.24, 2.45) is 5.73 Å². The van der Waals surface area contributed by atoms with Gasteiger partial charge in [0.25, 0.3) is 5.91 Å². The quantitative estimate of drug-likeness (QED) is 0.650. The van der Waals surface area contributed by atoms with Crippen LogP contribution in [0.4, 0.5) is 4.79 Å². The molecule has 0 spiro atoms. The molecule has 0 unspecified atom stereocenters. The van der Waals surface area contributed by atoms with Crippen molar-refractivity contribution in [2.75, 3.05) is 33.9 Å². The van der Waals surface area contributed by atoms with Crippen LogP contribution in [0.15, 0.2) is 18.2 Å². The molecule has 3 N–H and O–H groups in total. The number of primary amides is 1. The fourth-order valence-corrected chi connectivity index (χ4v) is 3.07. The molecule has 0 saturated carbocycles. The number of nitrogens with zero attached hydrogens (tertiary/aromatic N) is 1. The number of nitrogens with two attached hydrogens (primary N) is 1. The number of likely N-dealkylation sites (tertiary alicyclic amines) is 1. The van der Waals surface area contributed by atoms with Crippen molar-refractivity contribution in [3.63, 3.8) is 0 Å². The van der Waals surface area contributed by atoms with E-state index >= 15 is 0 Å². The number of esters is 1. The molecule has 3 amide bonds. The number of urea groups is 1. The fraction of sp³-hybridized carbons (Fsp3) is 0.500. The van der Waals surface area contributed by atoms with E-state index in [1.807, 2.05) is 6.07 Å². The number of amides is 3. The van der Waals surface area contributed by atoms with Gasteiger partial charge in [-0.25, -0.2) is 4.79 Å². The molecule has 2 rings (SSSR count). The zero-order chi connectivity index (χ0) is 19.8. The third kappa shape index (κ3) is 5.50. The van der Waals surface area contributed by atoms with Gasteiger partial charge in [-0.2, -0.15) is 0 Å². The molecule has 0 bridgehead atoms. The molecule has 1 aromatic rings. The van der Waals surface area contributed by atoms with Crippen LogP contribution >= 0.6 is 0 Å². The van der Waals surface area contributed by atoms with E-state index in [1.54, 1.807) is 31.3 Å². The minimum Gasteiger partial charge on any atom is -0.497 e. The van der Waals surface area contributed by atoms with Gasteiger partial charge in [0, 0.05) is 18.7 Å². The van der Waals surface area contributed by atoms with Gasteiger partial charge >= 0.3 is 12.0 Å². The summed E-state index contributed by atoms with van der Waals surface area (Å²) in [6.45, 7) is 0.290. The van der Waals surface area contributed by atoms with Crippen LogP contribution < -0.4 is 20.5 Å². The number of carbonyl (C=O) groups is 3. The third-order valence-corrected chi connectivity index (χ3v) is 4.35. The largest absolute Gasteiger partial charge is 0.497 e. The van der Waals surface area contributed by atoms with E-state index in [4.69, 9.17) is 19.9 Å². The lowest BCUT2D eigenvalue weighted by Crippen LogP contribution is -2.35. The number of hydrogen-bond donors (Lipinski definition) is 2. The van der Waals surface area contributed by atoms with Gasteiger partial charge in [0.15, 0.2) is 6.61 Å². The molecule has 1 aliphatic heterocycles. The van der Waals surface area contributed by atoms with Crippen molar-refractivity contribution in [1.29, 1.82) is 0 Å². The Kier molecular flexibility index (Phi) is 7.27. The van der Waals surface area contributed by atoms with Crippen LogP contribution in [0.3, 0.4) is 0 Å². The smallest absolute Gasteiger partial charge is 0.312 e. The van der Waals surface area contributed by atoms with E-state index < -0.39 is 12.0 Å². The number of methoxy groups -OCH3 is 2. The molecule has 1 saturated heterocycles. The molecule has 0 aromatic heterocycles. The zero-order valence-corrected chi connectivity index (χ0v) is 15.5. The van der Waals surface area contributed by atoms with Crippen LogP contribution in [-0.4, -0.2) is 56.7 Å². The minimum absolute atomic E-state index is 0.0522. The molecular formula is C18H25N3O6. The van der Waals surface area contributed by atoms with E-state index in [1.165, 1.54) is 0 Å². The van der Waals surface area contributed by atoms with Gasteiger partial charge < -0.3 is 30.2 Å². The number of benzene rings is 1. The maximum Gasteiger partial charge on any atom is 0.312 e. The predicted octanol–water partition coefficient (Wildman–Crippen LogP) is 0.969. The summed E-state index contributed by atoms with van der Waals surface area (Å²) in [7, 11) is 3.16. The van der Waals surface area contributed by atoms with Crippen molar-refractivity contribution in [2.45, 2.75) is 25.3 Å². The molecule has 0 aliphatic carbocycles. The molecule has 1 fully saturated rings. The molecule has 0 radical (unpaired) electrons. The molecule has 148 valence electrons. The van der Waals surface area contributed by atoms with E-state index in [0.29, 0.717) is 18.0 Å². The standard InChI is InChI=1S/C18H25N3O6/c1-25-12-5-6-15(26-2)13(10-12)14-4-3-9-21(14)16(22)11-27-17(23)7-8-20-18(19)24/h5-6,10,14H,3-4,7-9,11H2,1-2H3,(H3,19,20,24)/t14-/m0/s1. The van der Waals surface area contributed by atoms with Crippen LogP contribution in [0.25, 0.3) is 0 Å². The summed E-state index contributed by atoms with van der Waals surface area (Å²) in [6.07, 6.45) is 1.57. The molecular weight excluding hydrogens is 354 g/mol. The van der Waals surface area contributed by atoms with Crippen molar-refractivity contribution in [3.8, 4) is 11.5 Å². The second-order valence-corrected chi connectivity index (χ2v) is 6.05. The number of hydrogen-bond acceptors (Lipinski definition) is 6. The monoisotopic (exact) mass is 379 g/mol. The Balaban J connectivity index is 1.98. The Morgan fingerprint density at radius 3 is 2.70 bits per heavy atom. The summed E-state index contributed by atoms with van der Waals surface area (Å²) in [5.74, 6) is 0.499. The van der Waals surface area contributed by atoms with Gasteiger partial charge in [-0.15, -0.1) is 0 Å². The second kappa shape index (κ2) is 9.65. The molecule has 1 atom stereocenters. The van der Waals surface area contributed by atoms with E-state index in [0.717, 1.165) is 18.4 Å². The lowest BCUT2D eigenvalue weighted by atomic mass is 10.0. The summed E-state index contributed by atoms with van der Waals surface area (Å²) in [4.78, 5) is 36.5. The third-order valence-electron chi connectivity index (χ3n) is 4.35. The zero-order valence-electron chi connectivity index (χ0n) is 15.5. The maximum atomic E-state index is 12.6. The normalized spacial score (nSPS) is 15.9. The number of nitrogens with one attached hydrogen (secondary N) is 1. The Morgan fingerprint density at radius 1 is 1.26 bits per heavy atom. The summed E-state index contributed by atoms with van der Waals surface area (Å²) >= 11 is 0. The second-order valence-electron chi connectivity index (χ2n) is 6.05. The minimum atomic E-state index is -0.717. The fourth-order valence-electron chi connectivity index (χ4n) is 3.07. The van der Waals surface area contributed by atoms with Gasteiger partial charge in [-0.05, 0) is 31.0 Å². The molecule has 27 heavy (non-hydrogen) atoms. The van der Waals surface area contributed by atoms with Crippen LogP contribution in [0.1, 0.15) is 30.9 Å². The van der Waals surface area contributed by atoms with Crippen LogP contribution in [-0.2, 0) is 14.3 Å². The highest BCUT2D eigenvalue weighted by atomic mass is 16.5. The number of rotatable bonds is 8. The van der Waals surface area contributed by atoms with E-state index in [9.17, 15) is 14.4 Å². The Labute approximate surface area is 157 Å². The molecule has 1 aliphatic rings. The first kappa shape index (κ1) is 20.3. The van der Waals surface area contributed by atoms with E-state index in [-0.39, 0.29) is 31.5 Å². The topological polar surface area (TPSA) is 120 Å². The highest BCUT2D eigenvalue weighted by Crippen LogP contribution is 2.38. The van der Waals surface area contributed by atoms with Gasteiger partial charge in [0.2, 0.25) is 0 Å². The SMILES string of the molecule is COc1ccc(OC)c([C@@H]2CCCN2C(=O)COC(=O)CCNC(N)=O)c1. The molecule has 1 aromatic carbocycles. The van der Waals surface area contributed by atoms with Crippen LogP contribution in [0.2, 0.25) is 0 Å². The first-order valence-corrected chi connectivity index (χ1v) is 8.66. The summed E-state index contributed by atoms with van der Waals surface area (Å²) < 4.78 is 15.7. The predicted molar refractivity (Wildman–Crippen MR) is 96.4 cm³/mol. The van der Waals surface area contributed by atoms with Gasteiger partial charge in [0.05, 0.1) is 26.7 Å². The summed E-state index contributed by atoms with van der Waals surface area (Å²) in [5, 5.41) is 2.29. The van der Waals surface area contributed by atoms with Gasteiger partial charge in [0.1, 0.15) is 11.5 Å². The van der Waals surface area contributed by atoms with E-state index in [2.05, 4.69) is 5.32 Å². The average molecular weight is 379 g/mol. The molecule has 9 heteroatoms. The van der Waals surface area contributed by atoms with Gasteiger partial charge in [-0.1, -0.05) is 0 Å². The Bertz CT molecular complexity index is 694. The lowest BCUT2D eigenvalue weighted by molar-refractivity contribution is -0.152. The highest BCUT2D eigenvalue weighted by molar-refractivity contribution is 5.81. The Morgan fingerprint density at radius 2 is 2.04 bits per heavy atom. The first-order chi connectivity index (χ1) is 13.0. The lowest BCUT2D eigenvalue weighted by Gasteiger charge is -2.26. The number of ether oxygens (including phenoxy) is 3. The summed E-state index contributed by atoms with van der Waals surface area (Å²) in [6, 6.07) is 4.58. The van der Waals surface area contributed by atoms with Crippen molar-refractivity contribution in [1.82, 2.24) is 10.2 Å². The average Bonchev–Trinajstić information content (AvgIpc) is 3.15. The van der Waals surface area contributed by atoms with Crippen molar-refractivity contribution in [3.05, 3.63) is 23.8 Å². The maximum absolute atomic E-state index is 12.6. The highest BCUT2D eigenvalue weighted by Gasteiger charge is 2.32. The number of carbonyl (C=O) groups excluding carboxylic acids is 3. The first-order valence-electron chi connectivity index (χ1n) is 8.66.